The molecule has 8 heteroatoms. The van der Waals surface area contributed by atoms with E-state index in [-0.39, 0.29) is 4.90 Å². The maximum absolute atomic E-state index is 11.1. The van der Waals surface area contributed by atoms with Gasteiger partial charge >= 0.3 is 0 Å². The van der Waals surface area contributed by atoms with Crippen LogP contribution in [0.2, 0.25) is 0 Å². The van der Waals surface area contributed by atoms with Crippen molar-refractivity contribution in [3.63, 3.8) is 0 Å². The highest BCUT2D eigenvalue weighted by Gasteiger charge is 2.11. The molecule has 0 bridgehead atoms. The van der Waals surface area contributed by atoms with Crippen LogP contribution in [0.25, 0.3) is 0 Å². The third-order valence-corrected chi connectivity index (χ3v) is 4.19. The Bertz CT molecular complexity index is 592. The molecule has 0 atom stereocenters. The lowest BCUT2D eigenvalue weighted by Gasteiger charge is -2.27. The van der Waals surface area contributed by atoms with Crippen molar-refractivity contribution in [3.05, 3.63) is 29.8 Å². The first kappa shape index (κ1) is 15.7. The average molecular weight is 312 g/mol. The first-order valence-corrected chi connectivity index (χ1v) is 8.26. The van der Waals surface area contributed by atoms with E-state index in [0.29, 0.717) is 32.1 Å². The number of morpholine rings is 1. The smallest absolute Gasteiger partial charge is 0.238 e. The third kappa shape index (κ3) is 4.69. The molecule has 0 aliphatic carbocycles. The van der Waals surface area contributed by atoms with Crippen LogP contribution in [0.4, 0.5) is 0 Å². The molecule has 1 heterocycles. The van der Waals surface area contributed by atoms with Crippen molar-refractivity contribution in [1.29, 1.82) is 0 Å². The Balaban J connectivity index is 1.88. The molecule has 1 aromatic carbocycles. The number of benzene rings is 1. The zero-order valence-electron chi connectivity index (χ0n) is 11.7. The number of ether oxygens (including phenoxy) is 1. The first-order valence-electron chi connectivity index (χ1n) is 6.71. The van der Waals surface area contributed by atoms with Gasteiger partial charge in [0.2, 0.25) is 10.0 Å². The molecule has 0 saturated carbocycles. The number of guanidine groups is 1. The fraction of sp³-hybridized carbons (Fsp3) is 0.462. The van der Waals surface area contributed by atoms with E-state index in [1.807, 2.05) is 4.90 Å². The van der Waals surface area contributed by atoms with Crippen LogP contribution in [0.3, 0.4) is 0 Å². The zero-order chi connectivity index (χ0) is 15.3. The molecule has 0 spiro atoms. The van der Waals surface area contributed by atoms with Gasteiger partial charge < -0.3 is 15.4 Å². The van der Waals surface area contributed by atoms with Gasteiger partial charge in [0.25, 0.3) is 0 Å². The molecule has 0 aromatic heterocycles. The summed E-state index contributed by atoms with van der Waals surface area (Å²) in [6, 6.07) is 6.47. The Morgan fingerprint density at radius 3 is 2.43 bits per heavy atom. The van der Waals surface area contributed by atoms with Crippen LogP contribution in [0.15, 0.2) is 34.2 Å². The van der Waals surface area contributed by atoms with Gasteiger partial charge in [0.05, 0.1) is 18.1 Å². The highest BCUT2D eigenvalue weighted by atomic mass is 32.2. The van der Waals surface area contributed by atoms with Crippen LogP contribution in [0, 0.1) is 0 Å². The molecule has 1 aliphatic rings. The highest BCUT2D eigenvalue weighted by Crippen LogP contribution is 2.09. The van der Waals surface area contributed by atoms with Crippen molar-refractivity contribution >= 4 is 16.0 Å². The van der Waals surface area contributed by atoms with Crippen molar-refractivity contribution in [2.45, 2.75) is 11.3 Å². The SMILES string of the molecule is NC(=NCCc1ccc(S(N)(=O)=O)cc1)N1CCOCC1. The van der Waals surface area contributed by atoms with Gasteiger partial charge in [-0.3, -0.25) is 4.99 Å². The van der Waals surface area contributed by atoms with Gasteiger partial charge in [-0.05, 0) is 24.1 Å². The Morgan fingerprint density at radius 2 is 1.86 bits per heavy atom. The number of hydrogen-bond acceptors (Lipinski definition) is 4. The standard InChI is InChI=1S/C13H20N4O3S/c14-13(17-7-9-20-10-8-17)16-6-5-11-1-3-12(4-2-11)21(15,18)19/h1-4H,5-10H2,(H2,14,16)(H2,15,18,19). The molecule has 21 heavy (non-hydrogen) atoms. The Morgan fingerprint density at radius 1 is 1.24 bits per heavy atom. The molecule has 1 saturated heterocycles. The molecular weight excluding hydrogens is 292 g/mol. The van der Waals surface area contributed by atoms with E-state index in [4.69, 9.17) is 15.6 Å². The number of nitrogens with two attached hydrogens (primary N) is 2. The molecule has 1 aromatic rings. The van der Waals surface area contributed by atoms with E-state index in [1.54, 1.807) is 12.1 Å². The number of primary sulfonamides is 1. The van der Waals surface area contributed by atoms with E-state index in [0.717, 1.165) is 18.7 Å². The van der Waals surface area contributed by atoms with Gasteiger partial charge in [-0.2, -0.15) is 0 Å². The summed E-state index contributed by atoms with van der Waals surface area (Å²) >= 11 is 0. The molecule has 0 radical (unpaired) electrons. The number of aliphatic imine (C=N–C) groups is 1. The zero-order valence-corrected chi connectivity index (χ0v) is 12.6. The van der Waals surface area contributed by atoms with Crippen molar-refractivity contribution in [3.8, 4) is 0 Å². The fourth-order valence-corrected chi connectivity index (χ4v) is 2.55. The lowest BCUT2D eigenvalue weighted by molar-refractivity contribution is 0.0674. The topological polar surface area (TPSA) is 111 Å². The predicted octanol–water partition coefficient (Wildman–Crippen LogP) is -0.477. The number of rotatable bonds is 4. The maximum atomic E-state index is 11.1. The van der Waals surface area contributed by atoms with E-state index >= 15 is 0 Å². The van der Waals surface area contributed by atoms with Crippen LogP contribution in [-0.2, 0) is 21.2 Å². The summed E-state index contributed by atoms with van der Waals surface area (Å²) < 4.78 is 27.5. The van der Waals surface area contributed by atoms with Gasteiger partial charge in [0, 0.05) is 19.6 Å². The fourth-order valence-electron chi connectivity index (χ4n) is 2.04. The van der Waals surface area contributed by atoms with Crippen LogP contribution < -0.4 is 10.9 Å². The molecular formula is C13H20N4O3S. The molecule has 1 aliphatic heterocycles. The minimum atomic E-state index is -3.63. The first-order chi connectivity index (χ1) is 9.97. The quantitative estimate of drug-likeness (QED) is 0.576. The minimum absolute atomic E-state index is 0.114. The molecule has 0 amide bonds. The number of sulfonamides is 1. The summed E-state index contributed by atoms with van der Waals surface area (Å²) in [4.78, 5) is 6.44. The monoisotopic (exact) mass is 312 g/mol. The van der Waals surface area contributed by atoms with Crippen molar-refractivity contribution in [2.75, 3.05) is 32.8 Å². The Kier molecular flexibility index (Phi) is 5.16. The highest BCUT2D eigenvalue weighted by molar-refractivity contribution is 7.89. The number of hydrogen-bond donors (Lipinski definition) is 2. The molecule has 7 nitrogen and oxygen atoms in total. The van der Waals surface area contributed by atoms with Crippen molar-refractivity contribution in [1.82, 2.24) is 4.90 Å². The van der Waals surface area contributed by atoms with Gasteiger partial charge in [-0.15, -0.1) is 0 Å². The second-order valence-electron chi connectivity index (χ2n) is 4.78. The van der Waals surface area contributed by atoms with Crippen molar-refractivity contribution < 1.29 is 13.2 Å². The second-order valence-corrected chi connectivity index (χ2v) is 6.34. The van der Waals surface area contributed by atoms with Gasteiger partial charge in [-0.1, -0.05) is 12.1 Å². The second kappa shape index (κ2) is 6.88. The largest absolute Gasteiger partial charge is 0.378 e. The lowest BCUT2D eigenvalue weighted by Crippen LogP contribution is -2.44. The minimum Gasteiger partial charge on any atom is -0.378 e. The third-order valence-electron chi connectivity index (χ3n) is 3.26. The summed E-state index contributed by atoms with van der Waals surface area (Å²) in [5, 5.41) is 5.05. The summed E-state index contributed by atoms with van der Waals surface area (Å²) in [6.07, 6.45) is 0.690. The lowest BCUT2D eigenvalue weighted by atomic mass is 10.1. The van der Waals surface area contributed by atoms with Crippen LogP contribution >= 0.6 is 0 Å². The molecule has 116 valence electrons. The Labute approximate surface area is 124 Å². The summed E-state index contributed by atoms with van der Waals surface area (Å²) in [7, 11) is -3.63. The van der Waals surface area contributed by atoms with Crippen LogP contribution in [0.1, 0.15) is 5.56 Å². The molecule has 2 rings (SSSR count). The number of nitrogens with zero attached hydrogens (tertiary/aromatic N) is 2. The normalized spacial score (nSPS) is 17.0. The maximum Gasteiger partial charge on any atom is 0.238 e. The molecule has 0 unspecified atom stereocenters. The summed E-state index contributed by atoms with van der Waals surface area (Å²) in [6.45, 7) is 3.42. The summed E-state index contributed by atoms with van der Waals surface area (Å²) in [5.74, 6) is 0.527. The average Bonchev–Trinajstić information content (AvgIpc) is 2.47. The van der Waals surface area contributed by atoms with E-state index < -0.39 is 10.0 Å². The predicted molar refractivity (Wildman–Crippen MR) is 80.4 cm³/mol. The van der Waals surface area contributed by atoms with Crippen LogP contribution in [-0.4, -0.2) is 52.1 Å². The van der Waals surface area contributed by atoms with Gasteiger partial charge in [0.15, 0.2) is 5.96 Å². The Hall–Kier alpha value is -1.64. The van der Waals surface area contributed by atoms with E-state index in [2.05, 4.69) is 4.99 Å². The molecule has 4 N–H and O–H groups in total. The van der Waals surface area contributed by atoms with Crippen LogP contribution in [0.5, 0.6) is 0 Å². The van der Waals surface area contributed by atoms with Gasteiger partial charge in [-0.25, -0.2) is 13.6 Å². The van der Waals surface area contributed by atoms with E-state index in [1.165, 1.54) is 12.1 Å². The van der Waals surface area contributed by atoms with E-state index in [9.17, 15) is 8.42 Å². The molecule has 1 fully saturated rings. The summed E-state index contributed by atoms with van der Waals surface area (Å²) in [5.41, 5.74) is 6.91. The van der Waals surface area contributed by atoms with Gasteiger partial charge in [0.1, 0.15) is 0 Å². The van der Waals surface area contributed by atoms with Crippen molar-refractivity contribution in [2.24, 2.45) is 15.9 Å².